The van der Waals surface area contributed by atoms with Crippen LogP contribution in [0.4, 0.5) is 0 Å². The average molecular weight is 382 g/mol. The molecule has 0 aliphatic heterocycles. The minimum atomic E-state index is -3.92. The van der Waals surface area contributed by atoms with E-state index in [4.69, 9.17) is 0 Å². The summed E-state index contributed by atoms with van der Waals surface area (Å²) < 4.78 is 26.7. The van der Waals surface area contributed by atoms with E-state index in [2.05, 4.69) is 0 Å². The van der Waals surface area contributed by atoms with Crippen LogP contribution in [0.3, 0.4) is 0 Å². The van der Waals surface area contributed by atoms with Crippen molar-refractivity contribution in [2.45, 2.75) is 36.5 Å². The molecule has 2 aliphatic rings. The Balaban J connectivity index is 1.91. The highest BCUT2D eigenvalue weighted by molar-refractivity contribution is 7.93. The number of carbonyl (C=O) groups excluding carboxylic acids is 1. The molecule has 0 spiro atoms. The van der Waals surface area contributed by atoms with Gasteiger partial charge in [0.1, 0.15) is 5.25 Å². The van der Waals surface area contributed by atoms with E-state index < -0.39 is 38.3 Å². The lowest BCUT2D eigenvalue weighted by molar-refractivity contribution is -0.114. The van der Waals surface area contributed by atoms with Gasteiger partial charge < -0.3 is 5.11 Å². The number of hydrogen-bond acceptors (Lipinski definition) is 4. The van der Waals surface area contributed by atoms with Crippen LogP contribution < -0.4 is 0 Å². The second-order valence-corrected chi connectivity index (χ2v) is 10.1. The Hall–Kier alpha value is -2.24. The molecule has 4 rings (SSSR count). The van der Waals surface area contributed by atoms with Crippen LogP contribution in [0, 0.1) is 11.3 Å². The Morgan fingerprint density at radius 1 is 0.963 bits per heavy atom. The molecule has 4 nitrogen and oxygen atoms in total. The third-order valence-corrected chi connectivity index (χ3v) is 7.91. The molecule has 1 fully saturated rings. The zero-order valence-corrected chi connectivity index (χ0v) is 16.1. The van der Waals surface area contributed by atoms with Crippen molar-refractivity contribution in [2.75, 3.05) is 0 Å². The second kappa shape index (κ2) is 6.14. The standard InChI is InChI=1S/C22H22O4S/c1-22(2)13-16-17(14-9-5-3-6-10-14)19(23)20(18(16)21(22)24)27(25,26)15-11-7-4-8-12-15/h3-12,18,20-21,24H,13H2,1-2H3/t18-,20+,21+/m0/s1. The summed E-state index contributed by atoms with van der Waals surface area (Å²) in [4.78, 5) is 13.5. The van der Waals surface area contributed by atoms with Gasteiger partial charge in [0.15, 0.2) is 15.6 Å². The highest BCUT2D eigenvalue weighted by Gasteiger charge is 2.59. The number of rotatable bonds is 3. The van der Waals surface area contributed by atoms with Crippen LogP contribution in [0.5, 0.6) is 0 Å². The van der Waals surface area contributed by atoms with E-state index in [1.54, 1.807) is 18.2 Å². The van der Waals surface area contributed by atoms with E-state index in [1.807, 2.05) is 44.2 Å². The van der Waals surface area contributed by atoms with Crippen molar-refractivity contribution in [1.29, 1.82) is 0 Å². The SMILES string of the molecule is CC1(C)CC2=C(c3ccccc3)C(=O)[C@H](S(=O)(=O)c3ccccc3)[C@H]2[C@H]1O. The number of allylic oxidation sites excluding steroid dienone is 1. The Bertz CT molecular complexity index is 1020. The van der Waals surface area contributed by atoms with Gasteiger partial charge in [-0.3, -0.25) is 4.79 Å². The topological polar surface area (TPSA) is 71.4 Å². The molecule has 0 heterocycles. The summed E-state index contributed by atoms with van der Waals surface area (Å²) in [6, 6.07) is 17.2. The number of ketones is 1. The van der Waals surface area contributed by atoms with Crippen LogP contribution in [-0.4, -0.2) is 30.7 Å². The van der Waals surface area contributed by atoms with Crippen LogP contribution in [0.2, 0.25) is 0 Å². The number of carbonyl (C=O) groups is 1. The first-order valence-electron chi connectivity index (χ1n) is 9.05. The zero-order chi connectivity index (χ0) is 19.4. The number of fused-ring (bicyclic) bond motifs is 1. The van der Waals surface area contributed by atoms with Crippen molar-refractivity contribution in [3.8, 4) is 0 Å². The maximum atomic E-state index is 13.4. The van der Waals surface area contributed by atoms with Crippen LogP contribution in [0.25, 0.3) is 5.57 Å². The van der Waals surface area contributed by atoms with Crippen LogP contribution in [0.15, 0.2) is 71.1 Å². The van der Waals surface area contributed by atoms with Gasteiger partial charge in [0.25, 0.3) is 0 Å². The molecule has 0 unspecified atom stereocenters. The van der Waals surface area contributed by atoms with Gasteiger partial charge in [0.05, 0.1) is 11.0 Å². The van der Waals surface area contributed by atoms with Crippen molar-refractivity contribution in [3.63, 3.8) is 0 Å². The van der Waals surface area contributed by atoms with Crippen LogP contribution in [0.1, 0.15) is 25.8 Å². The molecule has 1 saturated carbocycles. The van der Waals surface area contributed by atoms with Crippen molar-refractivity contribution in [1.82, 2.24) is 0 Å². The number of hydrogen-bond donors (Lipinski definition) is 1. The van der Waals surface area contributed by atoms with E-state index >= 15 is 0 Å². The number of aliphatic hydroxyl groups is 1. The molecule has 27 heavy (non-hydrogen) atoms. The molecule has 2 aromatic rings. The third-order valence-electron chi connectivity index (χ3n) is 5.81. The summed E-state index contributed by atoms with van der Waals surface area (Å²) in [5, 5.41) is 9.66. The molecule has 0 aromatic heterocycles. The molecular formula is C22H22O4S. The van der Waals surface area contributed by atoms with Crippen LogP contribution >= 0.6 is 0 Å². The number of benzene rings is 2. The third kappa shape index (κ3) is 2.68. The zero-order valence-electron chi connectivity index (χ0n) is 15.3. The molecule has 1 N–H and O–H groups in total. The van der Waals surface area contributed by atoms with E-state index in [0.29, 0.717) is 12.0 Å². The lowest BCUT2D eigenvalue weighted by Gasteiger charge is -2.28. The van der Waals surface area contributed by atoms with Gasteiger partial charge >= 0.3 is 0 Å². The Morgan fingerprint density at radius 2 is 1.52 bits per heavy atom. The molecule has 2 aromatic carbocycles. The molecule has 140 valence electrons. The lowest BCUT2D eigenvalue weighted by atomic mass is 9.85. The Labute approximate surface area is 159 Å². The molecule has 0 radical (unpaired) electrons. The van der Waals surface area contributed by atoms with E-state index in [-0.39, 0.29) is 4.90 Å². The van der Waals surface area contributed by atoms with E-state index in [1.165, 1.54) is 12.1 Å². The average Bonchev–Trinajstić information content (AvgIpc) is 3.05. The first kappa shape index (κ1) is 18.1. The van der Waals surface area contributed by atoms with Crippen LogP contribution in [-0.2, 0) is 14.6 Å². The van der Waals surface area contributed by atoms with E-state index in [0.717, 1.165) is 11.1 Å². The molecule has 0 amide bonds. The monoisotopic (exact) mass is 382 g/mol. The van der Waals surface area contributed by atoms with Gasteiger partial charge in [-0.05, 0) is 29.5 Å². The first-order valence-corrected chi connectivity index (χ1v) is 10.6. The molecular weight excluding hydrogens is 360 g/mol. The van der Waals surface area contributed by atoms with Crippen molar-refractivity contribution < 1.29 is 18.3 Å². The quantitative estimate of drug-likeness (QED) is 0.884. The van der Waals surface area contributed by atoms with Gasteiger partial charge in [-0.25, -0.2) is 8.42 Å². The first-order chi connectivity index (χ1) is 12.7. The minimum Gasteiger partial charge on any atom is -0.392 e. The summed E-state index contributed by atoms with van der Waals surface area (Å²) >= 11 is 0. The summed E-state index contributed by atoms with van der Waals surface area (Å²) in [5.74, 6) is -1.10. The predicted molar refractivity (Wildman–Crippen MR) is 104 cm³/mol. The molecule has 2 aliphatic carbocycles. The van der Waals surface area contributed by atoms with E-state index in [9.17, 15) is 18.3 Å². The lowest BCUT2D eigenvalue weighted by Crippen LogP contribution is -2.41. The molecule has 5 heteroatoms. The van der Waals surface area contributed by atoms with Crippen molar-refractivity contribution in [3.05, 3.63) is 71.8 Å². The second-order valence-electron chi connectivity index (χ2n) is 8.05. The number of sulfone groups is 1. The van der Waals surface area contributed by atoms with Gasteiger partial charge in [-0.2, -0.15) is 0 Å². The fourth-order valence-corrected chi connectivity index (χ4v) is 6.41. The highest BCUT2D eigenvalue weighted by atomic mass is 32.2. The van der Waals surface area contributed by atoms with Gasteiger partial charge in [-0.15, -0.1) is 0 Å². The number of aliphatic hydroxyl groups excluding tert-OH is 1. The van der Waals surface area contributed by atoms with Crippen molar-refractivity contribution >= 4 is 21.2 Å². The van der Waals surface area contributed by atoms with Gasteiger partial charge in [0.2, 0.25) is 0 Å². The highest BCUT2D eigenvalue weighted by Crippen LogP contribution is 2.55. The maximum Gasteiger partial charge on any atom is 0.189 e. The minimum absolute atomic E-state index is 0.119. The Morgan fingerprint density at radius 3 is 2.11 bits per heavy atom. The fourth-order valence-electron chi connectivity index (χ4n) is 4.48. The summed E-state index contributed by atoms with van der Waals surface area (Å²) in [5.41, 5.74) is 1.48. The molecule has 0 saturated heterocycles. The normalized spacial score (nSPS) is 27.1. The largest absolute Gasteiger partial charge is 0.392 e. The summed E-state index contributed by atoms with van der Waals surface area (Å²) in [7, 11) is -3.92. The fraction of sp³-hybridized carbons (Fsp3) is 0.318. The predicted octanol–water partition coefficient (Wildman–Crippen LogP) is 3.27. The molecule has 3 atom stereocenters. The van der Waals surface area contributed by atoms with Crippen molar-refractivity contribution in [2.24, 2.45) is 11.3 Å². The Kier molecular flexibility index (Phi) is 4.13. The summed E-state index contributed by atoms with van der Waals surface area (Å²) in [6.07, 6.45) is -0.378. The molecule has 0 bridgehead atoms. The van der Waals surface area contributed by atoms with Gasteiger partial charge in [-0.1, -0.05) is 68.0 Å². The number of Topliss-reactive ketones (excluding diaryl/α,β-unsaturated/α-hetero) is 1. The summed E-state index contributed by atoms with van der Waals surface area (Å²) in [6.45, 7) is 3.84. The smallest absolute Gasteiger partial charge is 0.189 e. The van der Waals surface area contributed by atoms with Gasteiger partial charge in [0, 0.05) is 11.5 Å². The maximum absolute atomic E-state index is 13.4.